The van der Waals surface area contributed by atoms with Crippen LogP contribution >= 0.6 is 0 Å². The first-order valence-electron chi connectivity index (χ1n) is 4.24. The van der Waals surface area contributed by atoms with Gasteiger partial charge in [0.25, 0.3) is 0 Å². The molecule has 0 fully saturated rings. The van der Waals surface area contributed by atoms with Crippen LogP contribution in [0.15, 0.2) is 18.2 Å². The van der Waals surface area contributed by atoms with Crippen molar-refractivity contribution in [1.29, 1.82) is 5.26 Å². The number of nitriles is 1. The van der Waals surface area contributed by atoms with Gasteiger partial charge < -0.3 is 10.5 Å². The fourth-order valence-corrected chi connectivity index (χ4v) is 1.54. The van der Waals surface area contributed by atoms with E-state index in [1.165, 1.54) is 0 Å². The third-order valence-corrected chi connectivity index (χ3v) is 2.24. The number of hydrogen-bond donors (Lipinski definition) is 1. The smallest absolute Gasteiger partial charge is 0.141 e. The van der Waals surface area contributed by atoms with Gasteiger partial charge in [0.05, 0.1) is 12.2 Å². The minimum Gasteiger partial charge on any atom is -0.492 e. The molecule has 0 radical (unpaired) electrons. The van der Waals surface area contributed by atoms with E-state index in [2.05, 4.69) is 6.07 Å². The first kappa shape index (κ1) is 8.09. The minimum atomic E-state index is 0.0112. The molecular weight excluding hydrogens is 164 g/mol. The van der Waals surface area contributed by atoms with Gasteiger partial charge in [0.15, 0.2) is 0 Å². The summed E-state index contributed by atoms with van der Waals surface area (Å²) in [5.41, 5.74) is 7.41. The highest BCUT2D eigenvalue weighted by atomic mass is 16.5. The molecule has 1 aromatic rings. The van der Waals surface area contributed by atoms with E-state index in [9.17, 15) is 0 Å². The zero-order valence-corrected chi connectivity index (χ0v) is 7.16. The van der Waals surface area contributed by atoms with E-state index in [0.29, 0.717) is 17.9 Å². The summed E-state index contributed by atoms with van der Waals surface area (Å²) in [6, 6.07) is 7.61. The van der Waals surface area contributed by atoms with E-state index in [4.69, 9.17) is 15.7 Å². The summed E-state index contributed by atoms with van der Waals surface area (Å²) in [5, 5.41) is 8.81. The fraction of sp³-hybridized carbons (Fsp3) is 0.300. The maximum atomic E-state index is 8.81. The molecule has 2 N–H and O–H groups in total. The first-order chi connectivity index (χ1) is 6.33. The Morgan fingerprint density at radius 3 is 3.15 bits per heavy atom. The molecule has 0 aromatic heterocycles. The van der Waals surface area contributed by atoms with Gasteiger partial charge in [-0.25, -0.2) is 0 Å². The zero-order chi connectivity index (χ0) is 9.26. The molecule has 3 heteroatoms. The number of nitrogens with zero attached hydrogens (tertiary/aromatic N) is 1. The quantitative estimate of drug-likeness (QED) is 0.645. The number of rotatable bonds is 0. The van der Waals surface area contributed by atoms with Crippen molar-refractivity contribution in [2.75, 3.05) is 6.61 Å². The summed E-state index contributed by atoms with van der Waals surface area (Å²) in [4.78, 5) is 0. The predicted octanol–water partition coefficient (Wildman–Crippen LogP) is 1.34. The van der Waals surface area contributed by atoms with E-state index in [1.54, 1.807) is 6.07 Å². The largest absolute Gasteiger partial charge is 0.492 e. The van der Waals surface area contributed by atoms with Crippen LogP contribution in [-0.4, -0.2) is 6.61 Å². The van der Waals surface area contributed by atoms with Crippen LogP contribution in [0.4, 0.5) is 0 Å². The van der Waals surface area contributed by atoms with Gasteiger partial charge in [-0.05, 0) is 6.07 Å². The topological polar surface area (TPSA) is 59.0 Å². The van der Waals surface area contributed by atoms with Gasteiger partial charge in [0, 0.05) is 18.0 Å². The van der Waals surface area contributed by atoms with Crippen molar-refractivity contribution in [2.45, 2.75) is 12.5 Å². The summed E-state index contributed by atoms with van der Waals surface area (Å²) in [6.07, 6.45) is 0.821. The van der Waals surface area contributed by atoms with Crippen LogP contribution in [0.25, 0.3) is 0 Å². The SMILES string of the molecule is N#Cc1cccc2c1OCC[C@@H]2N. The highest BCUT2D eigenvalue weighted by Crippen LogP contribution is 2.32. The second kappa shape index (κ2) is 3.08. The van der Waals surface area contributed by atoms with Crippen LogP contribution in [-0.2, 0) is 0 Å². The molecule has 1 atom stereocenters. The average molecular weight is 174 g/mol. The number of fused-ring (bicyclic) bond motifs is 1. The molecule has 0 unspecified atom stereocenters. The van der Waals surface area contributed by atoms with Crippen molar-refractivity contribution >= 4 is 0 Å². The summed E-state index contributed by atoms with van der Waals surface area (Å²) in [7, 11) is 0. The van der Waals surface area contributed by atoms with Crippen LogP contribution in [0.5, 0.6) is 5.75 Å². The Kier molecular flexibility index (Phi) is 1.91. The van der Waals surface area contributed by atoms with E-state index in [1.807, 2.05) is 12.1 Å². The summed E-state index contributed by atoms with van der Waals surface area (Å²) < 4.78 is 5.41. The standard InChI is InChI=1S/C10H10N2O/c11-6-7-2-1-3-8-9(12)4-5-13-10(7)8/h1-3,9H,4-5,12H2/t9-/m0/s1. The number of nitrogens with two attached hydrogens (primary N) is 1. The Morgan fingerprint density at radius 1 is 1.54 bits per heavy atom. The Bertz CT molecular complexity index is 368. The van der Waals surface area contributed by atoms with Crippen LogP contribution in [0.1, 0.15) is 23.6 Å². The van der Waals surface area contributed by atoms with Crippen molar-refractivity contribution in [3.8, 4) is 11.8 Å². The van der Waals surface area contributed by atoms with Crippen LogP contribution < -0.4 is 10.5 Å². The molecule has 1 aliphatic rings. The third-order valence-electron chi connectivity index (χ3n) is 2.24. The molecule has 0 amide bonds. The van der Waals surface area contributed by atoms with Gasteiger partial charge in [0.2, 0.25) is 0 Å². The Labute approximate surface area is 76.7 Å². The molecule has 13 heavy (non-hydrogen) atoms. The lowest BCUT2D eigenvalue weighted by Gasteiger charge is -2.23. The summed E-state index contributed by atoms with van der Waals surface area (Å²) >= 11 is 0. The van der Waals surface area contributed by atoms with E-state index in [0.717, 1.165) is 12.0 Å². The maximum Gasteiger partial charge on any atom is 0.141 e. The third kappa shape index (κ3) is 1.25. The average Bonchev–Trinajstić information content (AvgIpc) is 2.18. The zero-order valence-electron chi connectivity index (χ0n) is 7.16. The summed E-state index contributed by atoms with van der Waals surface area (Å²) in [6.45, 7) is 0.604. The van der Waals surface area contributed by atoms with Crippen molar-refractivity contribution in [1.82, 2.24) is 0 Å². The van der Waals surface area contributed by atoms with Crippen molar-refractivity contribution in [3.63, 3.8) is 0 Å². The van der Waals surface area contributed by atoms with E-state index >= 15 is 0 Å². The Balaban J connectivity index is 2.56. The Morgan fingerprint density at radius 2 is 2.38 bits per heavy atom. The lowest BCUT2D eigenvalue weighted by atomic mass is 9.99. The summed E-state index contributed by atoms with van der Waals surface area (Å²) in [5.74, 6) is 0.670. The predicted molar refractivity (Wildman–Crippen MR) is 48.2 cm³/mol. The molecule has 2 rings (SSSR count). The van der Waals surface area contributed by atoms with Crippen LogP contribution in [0, 0.1) is 11.3 Å². The highest BCUT2D eigenvalue weighted by molar-refractivity contribution is 5.50. The number of hydrogen-bond acceptors (Lipinski definition) is 3. The molecule has 3 nitrogen and oxygen atoms in total. The van der Waals surface area contributed by atoms with Gasteiger partial charge in [-0.3, -0.25) is 0 Å². The van der Waals surface area contributed by atoms with Gasteiger partial charge in [-0.2, -0.15) is 5.26 Å². The van der Waals surface area contributed by atoms with Gasteiger partial charge in [-0.1, -0.05) is 12.1 Å². The molecule has 1 heterocycles. The van der Waals surface area contributed by atoms with Crippen molar-refractivity contribution in [2.24, 2.45) is 5.73 Å². The number of benzene rings is 1. The molecular formula is C10H10N2O. The monoisotopic (exact) mass is 174 g/mol. The van der Waals surface area contributed by atoms with Crippen molar-refractivity contribution in [3.05, 3.63) is 29.3 Å². The Hall–Kier alpha value is -1.53. The molecule has 1 aromatic carbocycles. The lowest BCUT2D eigenvalue weighted by molar-refractivity contribution is 0.268. The normalized spacial score (nSPS) is 19.8. The highest BCUT2D eigenvalue weighted by Gasteiger charge is 2.20. The number of para-hydroxylation sites is 1. The van der Waals surface area contributed by atoms with Crippen LogP contribution in [0.3, 0.4) is 0 Å². The molecule has 1 aliphatic heterocycles. The first-order valence-corrected chi connectivity index (χ1v) is 4.24. The minimum absolute atomic E-state index is 0.0112. The second-order valence-corrected chi connectivity index (χ2v) is 3.08. The lowest BCUT2D eigenvalue weighted by Crippen LogP contribution is -2.21. The molecule has 0 saturated carbocycles. The number of ether oxygens (including phenoxy) is 1. The van der Waals surface area contributed by atoms with Gasteiger partial charge in [0.1, 0.15) is 11.8 Å². The molecule has 0 aliphatic carbocycles. The molecule has 0 bridgehead atoms. The molecule has 0 spiro atoms. The second-order valence-electron chi connectivity index (χ2n) is 3.08. The van der Waals surface area contributed by atoms with Gasteiger partial charge in [-0.15, -0.1) is 0 Å². The molecule has 0 saturated heterocycles. The van der Waals surface area contributed by atoms with E-state index < -0.39 is 0 Å². The van der Waals surface area contributed by atoms with Crippen molar-refractivity contribution < 1.29 is 4.74 Å². The van der Waals surface area contributed by atoms with Crippen LogP contribution in [0.2, 0.25) is 0 Å². The maximum absolute atomic E-state index is 8.81. The van der Waals surface area contributed by atoms with Gasteiger partial charge >= 0.3 is 0 Å². The molecule has 66 valence electrons. The fourth-order valence-electron chi connectivity index (χ4n) is 1.54. The van der Waals surface area contributed by atoms with E-state index in [-0.39, 0.29) is 6.04 Å².